The number of imidazole rings is 1. The Bertz CT molecular complexity index is 1090. The molecule has 148 valence electrons. The molecular formula is C19H24N6O3. The first-order chi connectivity index (χ1) is 13.6. The summed E-state index contributed by atoms with van der Waals surface area (Å²) in [5.41, 5.74) is 0.894. The lowest BCUT2D eigenvalue weighted by molar-refractivity contribution is 0.210. The quantitative estimate of drug-likeness (QED) is 0.573. The number of aromatic nitrogens is 5. The van der Waals surface area contributed by atoms with Crippen LogP contribution < -0.4 is 16.6 Å². The van der Waals surface area contributed by atoms with E-state index in [0.29, 0.717) is 36.7 Å². The van der Waals surface area contributed by atoms with Crippen LogP contribution in [0.5, 0.6) is 0 Å². The second kappa shape index (κ2) is 7.59. The Morgan fingerprint density at radius 3 is 2.79 bits per heavy atom. The average molecular weight is 384 g/mol. The minimum Gasteiger partial charge on any atom is -0.383 e. The van der Waals surface area contributed by atoms with Crippen molar-refractivity contribution in [2.45, 2.75) is 38.8 Å². The average Bonchev–Trinajstić information content (AvgIpc) is 3.45. The van der Waals surface area contributed by atoms with Gasteiger partial charge in [0, 0.05) is 38.0 Å². The molecule has 4 rings (SSSR count). The fourth-order valence-corrected chi connectivity index (χ4v) is 3.38. The number of hydrogen-bond acceptors (Lipinski definition) is 6. The number of pyridine rings is 1. The highest BCUT2D eigenvalue weighted by Crippen LogP contribution is 2.40. The van der Waals surface area contributed by atoms with Crippen molar-refractivity contribution in [3.05, 3.63) is 39.2 Å². The number of nitrogens with zero attached hydrogens (tertiary/aromatic N) is 4. The molecule has 1 saturated carbocycles. The molecule has 0 aliphatic heterocycles. The van der Waals surface area contributed by atoms with Crippen LogP contribution in [0.2, 0.25) is 0 Å². The summed E-state index contributed by atoms with van der Waals surface area (Å²) in [5.74, 6) is 1.42. The van der Waals surface area contributed by atoms with Crippen molar-refractivity contribution < 1.29 is 4.74 Å². The fraction of sp³-hybridized carbons (Fsp3) is 0.474. The zero-order valence-electron chi connectivity index (χ0n) is 16.1. The maximum absolute atomic E-state index is 12.4. The molecule has 3 aromatic heterocycles. The second-order valence-electron chi connectivity index (χ2n) is 6.97. The van der Waals surface area contributed by atoms with Gasteiger partial charge >= 0.3 is 5.69 Å². The summed E-state index contributed by atoms with van der Waals surface area (Å²) < 4.78 is 8.69. The van der Waals surface area contributed by atoms with Crippen molar-refractivity contribution in [2.75, 3.05) is 25.6 Å². The van der Waals surface area contributed by atoms with Crippen LogP contribution in [0, 0.1) is 0 Å². The van der Waals surface area contributed by atoms with Gasteiger partial charge in [-0.3, -0.25) is 14.3 Å². The zero-order chi connectivity index (χ0) is 19.7. The standard InChI is InChI=1S/C19H24N6O3/c1-3-9-24-18-15(17(26)23-19(24)27)22-16(25(18)13-5-6-13)12-4-7-14(21-11-12)20-8-10-28-2/h4,7,11,13H,3,5-6,8-10H2,1-2H3,(H,20,21)(H,23,26,27). The normalized spacial score (nSPS) is 13.9. The molecule has 9 heteroatoms. The summed E-state index contributed by atoms with van der Waals surface area (Å²) in [5, 5.41) is 3.18. The van der Waals surface area contributed by atoms with E-state index in [4.69, 9.17) is 4.74 Å². The number of H-pyrrole nitrogens is 1. The van der Waals surface area contributed by atoms with Crippen molar-refractivity contribution in [3.8, 4) is 11.4 Å². The minimum absolute atomic E-state index is 0.254. The first-order valence-electron chi connectivity index (χ1n) is 9.58. The summed E-state index contributed by atoms with van der Waals surface area (Å²) in [6, 6.07) is 4.06. The van der Waals surface area contributed by atoms with Gasteiger partial charge in [-0.15, -0.1) is 0 Å². The Labute approximate surface area is 161 Å². The van der Waals surface area contributed by atoms with Crippen molar-refractivity contribution in [2.24, 2.45) is 0 Å². The summed E-state index contributed by atoms with van der Waals surface area (Å²) in [6.45, 7) is 3.80. The SMILES string of the molecule is CCCn1c(=O)[nH]c(=O)c2nc(-c3ccc(NCCOC)nc3)n(C3CC3)c21. The molecular weight excluding hydrogens is 360 g/mol. The smallest absolute Gasteiger partial charge is 0.330 e. The molecule has 9 nitrogen and oxygen atoms in total. The fourth-order valence-electron chi connectivity index (χ4n) is 3.38. The number of hydrogen-bond donors (Lipinski definition) is 2. The number of fused-ring (bicyclic) bond motifs is 1. The van der Waals surface area contributed by atoms with Crippen LogP contribution in [-0.4, -0.2) is 44.3 Å². The molecule has 0 aromatic carbocycles. The highest BCUT2D eigenvalue weighted by molar-refractivity contribution is 5.77. The molecule has 0 unspecified atom stereocenters. The lowest BCUT2D eigenvalue weighted by atomic mass is 10.2. The Balaban J connectivity index is 1.82. The van der Waals surface area contributed by atoms with Crippen molar-refractivity contribution in [1.82, 2.24) is 24.1 Å². The second-order valence-corrected chi connectivity index (χ2v) is 6.97. The van der Waals surface area contributed by atoms with E-state index < -0.39 is 5.56 Å². The molecule has 3 heterocycles. The minimum atomic E-state index is -0.446. The number of methoxy groups -OCH3 is 1. The Morgan fingerprint density at radius 1 is 1.32 bits per heavy atom. The highest BCUT2D eigenvalue weighted by atomic mass is 16.5. The van der Waals surface area contributed by atoms with Gasteiger partial charge in [-0.05, 0) is 31.4 Å². The lowest BCUT2D eigenvalue weighted by Crippen LogP contribution is -2.31. The van der Waals surface area contributed by atoms with E-state index in [9.17, 15) is 9.59 Å². The van der Waals surface area contributed by atoms with E-state index in [1.807, 2.05) is 23.6 Å². The molecule has 3 aromatic rings. The maximum Gasteiger partial charge on any atom is 0.330 e. The summed E-state index contributed by atoms with van der Waals surface area (Å²) in [4.78, 5) is 36.3. The molecule has 1 aliphatic rings. The van der Waals surface area contributed by atoms with Crippen LogP contribution >= 0.6 is 0 Å². The Morgan fingerprint density at radius 2 is 2.14 bits per heavy atom. The molecule has 2 N–H and O–H groups in total. The van der Waals surface area contributed by atoms with Gasteiger partial charge in [0.05, 0.1) is 6.61 Å². The van der Waals surface area contributed by atoms with Crippen molar-refractivity contribution in [1.29, 1.82) is 0 Å². The van der Waals surface area contributed by atoms with Crippen LogP contribution in [0.15, 0.2) is 27.9 Å². The van der Waals surface area contributed by atoms with E-state index in [1.54, 1.807) is 17.9 Å². The van der Waals surface area contributed by atoms with Gasteiger partial charge in [-0.25, -0.2) is 14.8 Å². The first kappa shape index (κ1) is 18.4. The van der Waals surface area contributed by atoms with E-state index in [1.165, 1.54) is 0 Å². The highest BCUT2D eigenvalue weighted by Gasteiger charge is 2.31. The Hall–Kier alpha value is -2.94. The molecule has 0 radical (unpaired) electrons. The predicted molar refractivity (Wildman–Crippen MR) is 107 cm³/mol. The summed E-state index contributed by atoms with van der Waals surface area (Å²) in [7, 11) is 1.65. The van der Waals surface area contributed by atoms with E-state index >= 15 is 0 Å². The molecule has 0 amide bonds. The van der Waals surface area contributed by atoms with Gasteiger partial charge in [0.1, 0.15) is 11.6 Å². The monoisotopic (exact) mass is 384 g/mol. The van der Waals surface area contributed by atoms with Crippen LogP contribution in [0.25, 0.3) is 22.6 Å². The van der Waals surface area contributed by atoms with Gasteiger partial charge in [0.25, 0.3) is 5.56 Å². The van der Waals surface area contributed by atoms with Crippen molar-refractivity contribution >= 4 is 17.0 Å². The first-order valence-corrected chi connectivity index (χ1v) is 9.58. The van der Waals surface area contributed by atoms with Gasteiger partial charge in [0.15, 0.2) is 11.2 Å². The van der Waals surface area contributed by atoms with E-state index in [2.05, 4.69) is 20.3 Å². The third-order valence-corrected chi connectivity index (χ3v) is 4.82. The van der Waals surface area contributed by atoms with Crippen LogP contribution in [-0.2, 0) is 11.3 Å². The maximum atomic E-state index is 12.4. The van der Waals surface area contributed by atoms with Gasteiger partial charge < -0.3 is 14.6 Å². The van der Waals surface area contributed by atoms with Crippen molar-refractivity contribution in [3.63, 3.8) is 0 Å². The number of ether oxygens (including phenoxy) is 1. The molecule has 1 fully saturated rings. The molecule has 0 bridgehead atoms. The third-order valence-electron chi connectivity index (χ3n) is 4.82. The number of aryl methyl sites for hydroxylation is 1. The molecule has 0 spiro atoms. The van der Waals surface area contributed by atoms with Gasteiger partial charge in [0.2, 0.25) is 0 Å². The van der Waals surface area contributed by atoms with E-state index in [-0.39, 0.29) is 11.7 Å². The van der Waals surface area contributed by atoms with Crippen LogP contribution in [0.4, 0.5) is 5.82 Å². The lowest BCUT2D eigenvalue weighted by Gasteiger charge is -2.12. The molecule has 28 heavy (non-hydrogen) atoms. The van der Waals surface area contributed by atoms with Gasteiger partial charge in [-0.2, -0.15) is 0 Å². The Kier molecular flexibility index (Phi) is 4.99. The van der Waals surface area contributed by atoms with Gasteiger partial charge in [-0.1, -0.05) is 6.92 Å². The number of aromatic amines is 1. The summed E-state index contributed by atoms with van der Waals surface area (Å²) in [6.07, 6.45) is 4.55. The molecule has 1 aliphatic carbocycles. The molecule has 0 saturated heterocycles. The third kappa shape index (κ3) is 3.33. The van der Waals surface area contributed by atoms with Crippen LogP contribution in [0.1, 0.15) is 32.2 Å². The van der Waals surface area contributed by atoms with E-state index in [0.717, 1.165) is 30.6 Å². The number of anilines is 1. The summed E-state index contributed by atoms with van der Waals surface area (Å²) >= 11 is 0. The number of rotatable bonds is 8. The largest absolute Gasteiger partial charge is 0.383 e. The zero-order valence-corrected chi connectivity index (χ0v) is 16.1. The van der Waals surface area contributed by atoms with Crippen LogP contribution in [0.3, 0.4) is 0 Å². The molecule has 0 atom stereocenters. The topological polar surface area (TPSA) is 107 Å². The number of nitrogens with one attached hydrogen (secondary N) is 2. The predicted octanol–water partition coefficient (Wildman–Crippen LogP) is 1.75.